The second-order valence-corrected chi connectivity index (χ2v) is 6.09. The standard InChI is InChI=1S/C9H13NO3S2/c1-3-7(2)15(12,13)10-9(11)8-4-5-14-6-8/h4-7H,3H2,1-2H3,(H,10,11)/t7-/m0/s1. The Labute approximate surface area is 93.4 Å². The van der Waals surface area contributed by atoms with E-state index in [0.29, 0.717) is 12.0 Å². The first kappa shape index (κ1) is 12.2. The number of sulfonamides is 1. The third kappa shape index (κ3) is 3.04. The first-order valence-electron chi connectivity index (χ1n) is 4.55. The number of rotatable bonds is 4. The molecule has 0 aliphatic heterocycles. The summed E-state index contributed by atoms with van der Waals surface area (Å²) in [4.78, 5) is 11.5. The Morgan fingerprint density at radius 3 is 2.73 bits per heavy atom. The Morgan fingerprint density at radius 2 is 2.27 bits per heavy atom. The van der Waals surface area contributed by atoms with Crippen LogP contribution in [0.15, 0.2) is 16.8 Å². The van der Waals surface area contributed by atoms with E-state index in [9.17, 15) is 13.2 Å². The molecule has 1 atom stereocenters. The smallest absolute Gasteiger partial charge is 0.265 e. The first-order chi connectivity index (χ1) is 6.97. The molecular weight excluding hydrogens is 234 g/mol. The van der Waals surface area contributed by atoms with Crippen molar-refractivity contribution in [3.8, 4) is 0 Å². The molecule has 0 fully saturated rings. The summed E-state index contributed by atoms with van der Waals surface area (Å²) in [6, 6.07) is 1.59. The summed E-state index contributed by atoms with van der Waals surface area (Å²) in [7, 11) is -3.53. The van der Waals surface area contributed by atoms with Gasteiger partial charge in [0.15, 0.2) is 0 Å². The zero-order valence-electron chi connectivity index (χ0n) is 8.56. The van der Waals surface area contributed by atoms with Crippen molar-refractivity contribution in [2.24, 2.45) is 0 Å². The van der Waals surface area contributed by atoms with Crippen molar-refractivity contribution < 1.29 is 13.2 Å². The van der Waals surface area contributed by atoms with E-state index in [2.05, 4.69) is 0 Å². The fourth-order valence-corrected chi connectivity index (χ4v) is 2.55. The quantitative estimate of drug-likeness (QED) is 0.879. The van der Waals surface area contributed by atoms with Gasteiger partial charge in [0.05, 0.1) is 10.8 Å². The van der Waals surface area contributed by atoms with Gasteiger partial charge in [-0.2, -0.15) is 11.3 Å². The van der Waals surface area contributed by atoms with Crippen LogP contribution in [0.5, 0.6) is 0 Å². The monoisotopic (exact) mass is 247 g/mol. The minimum absolute atomic E-state index is 0.381. The van der Waals surface area contributed by atoms with Gasteiger partial charge >= 0.3 is 0 Å². The summed E-state index contributed by atoms with van der Waals surface area (Å²) in [6.07, 6.45) is 0.478. The maximum Gasteiger partial charge on any atom is 0.265 e. The molecular formula is C9H13NO3S2. The van der Waals surface area contributed by atoms with Gasteiger partial charge in [-0.05, 0) is 24.8 Å². The Kier molecular flexibility index (Phi) is 3.87. The highest BCUT2D eigenvalue weighted by atomic mass is 32.2. The van der Waals surface area contributed by atoms with Gasteiger partial charge in [0.2, 0.25) is 10.0 Å². The number of hydrogen-bond donors (Lipinski definition) is 1. The van der Waals surface area contributed by atoms with Gasteiger partial charge in [0.1, 0.15) is 0 Å². The molecule has 0 radical (unpaired) electrons. The maximum absolute atomic E-state index is 11.5. The van der Waals surface area contributed by atoms with Gasteiger partial charge < -0.3 is 0 Å². The Bertz CT molecular complexity index is 422. The lowest BCUT2D eigenvalue weighted by Gasteiger charge is -2.10. The molecule has 6 heteroatoms. The Morgan fingerprint density at radius 1 is 1.60 bits per heavy atom. The van der Waals surface area contributed by atoms with Gasteiger partial charge in [-0.15, -0.1) is 0 Å². The summed E-state index contributed by atoms with van der Waals surface area (Å²) in [5.41, 5.74) is 0.381. The lowest BCUT2D eigenvalue weighted by atomic mass is 10.3. The summed E-state index contributed by atoms with van der Waals surface area (Å²) in [6.45, 7) is 3.34. The third-order valence-corrected chi connectivity index (χ3v) is 4.67. The topological polar surface area (TPSA) is 63.2 Å². The number of amides is 1. The van der Waals surface area contributed by atoms with E-state index in [0.717, 1.165) is 0 Å². The van der Waals surface area contributed by atoms with Crippen molar-refractivity contribution in [2.75, 3.05) is 0 Å². The molecule has 1 aromatic heterocycles. The maximum atomic E-state index is 11.5. The molecule has 0 unspecified atom stereocenters. The molecule has 15 heavy (non-hydrogen) atoms. The van der Waals surface area contributed by atoms with Crippen molar-refractivity contribution in [1.29, 1.82) is 0 Å². The average molecular weight is 247 g/mol. The molecule has 0 saturated heterocycles. The molecule has 1 N–H and O–H groups in total. The molecule has 1 amide bonds. The number of carbonyl (C=O) groups is 1. The number of nitrogens with one attached hydrogen (secondary N) is 1. The molecule has 0 aromatic carbocycles. The van der Waals surface area contributed by atoms with Gasteiger partial charge in [-0.25, -0.2) is 13.1 Å². The van der Waals surface area contributed by atoms with Crippen LogP contribution in [-0.2, 0) is 10.0 Å². The number of hydrogen-bond acceptors (Lipinski definition) is 4. The van der Waals surface area contributed by atoms with E-state index in [-0.39, 0.29) is 0 Å². The molecule has 0 spiro atoms. The van der Waals surface area contributed by atoms with Crippen LogP contribution >= 0.6 is 11.3 Å². The van der Waals surface area contributed by atoms with Gasteiger partial charge in [0, 0.05) is 5.38 Å². The van der Waals surface area contributed by atoms with Gasteiger partial charge in [-0.3, -0.25) is 4.79 Å². The highest BCUT2D eigenvalue weighted by molar-refractivity contribution is 7.90. The van der Waals surface area contributed by atoms with E-state index < -0.39 is 21.2 Å². The second-order valence-electron chi connectivity index (χ2n) is 3.21. The molecule has 0 aliphatic carbocycles. The predicted octanol–water partition coefficient (Wildman–Crippen LogP) is 1.61. The van der Waals surface area contributed by atoms with E-state index in [1.165, 1.54) is 11.3 Å². The molecule has 1 rings (SSSR count). The average Bonchev–Trinajstić information content (AvgIpc) is 2.68. The highest BCUT2D eigenvalue weighted by Crippen LogP contribution is 2.08. The van der Waals surface area contributed by atoms with Crippen LogP contribution < -0.4 is 4.72 Å². The largest absolute Gasteiger partial charge is 0.268 e. The Hall–Kier alpha value is -0.880. The zero-order valence-corrected chi connectivity index (χ0v) is 10.2. The molecule has 0 saturated carbocycles. The van der Waals surface area contributed by atoms with Crippen LogP contribution in [0.1, 0.15) is 30.6 Å². The SMILES string of the molecule is CC[C@H](C)S(=O)(=O)NC(=O)c1ccsc1. The van der Waals surface area contributed by atoms with E-state index >= 15 is 0 Å². The van der Waals surface area contributed by atoms with Gasteiger partial charge in [0.25, 0.3) is 5.91 Å². The fraction of sp³-hybridized carbons (Fsp3) is 0.444. The number of thiophene rings is 1. The summed E-state index contributed by atoms with van der Waals surface area (Å²) in [5, 5.41) is 2.78. The lowest BCUT2D eigenvalue weighted by molar-refractivity contribution is 0.0981. The van der Waals surface area contributed by atoms with Gasteiger partial charge in [-0.1, -0.05) is 6.92 Å². The molecule has 4 nitrogen and oxygen atoms in total. The molecule has 1 aromatic rings. The van der Waals surface area contributed by atoms with E-state index in [4.69, 9.17) is 0 Å². The first-order valence-corrected chi connectivity index (χ1v) is 7.04. The summed E-state index contributed by atoms with van der Waals surface area (Å²) in [5.74, 6) is -0.559. The predicted molar refractivity (Wildman–Crippen MR) is 60.5 cm³/mol. The van der Waals surface area contributed by atoms with Crippen molar-refractivity contribution in [1.82, 2.24) is 4.72 Å². The lowest BCUT2D eigenvalue weighted by Crippen LogP contribution is -2.36. The van der Waals surface area contributed by atoms with Crippen molar-refractivity contribution in [3.05, 3.63) is 22.4 Å². The molecule has 0 bridgehead atoms. The highest BCUT2D eigenvalue weighted by Gasteiger charge is 2.22. The van der Waals surface area contributed by atoms with Crippen LogP contribution in [0.4, 0.5) is 0 Å². The van der Waals surface area contributed by atoms with Crippen molar-refractivity contribution >= 4 is 27.3 Å². The van der Waals surface area contributed by atoms with Crippen LogP contribution in [-0.4, -0.2) is 19.6 Å². The van der Waals surface area contributed by atoms with Crippen molar-refractivity contribution in [3.63, 3.8) is 0 Å². The third-order valence-electron chi connectivity index (χ3n) is 2.12. The molecule has 0 aliphatic rings. The molecule has 84 valence electrons. The minimum atomic E-state index is -3.53. The fourth-order valence-electron chi connectivity index (χ4n) is 0.902. The minimum Gasteiger partial charge on any atom is -0.268 e. The van der Waals surface area contributed by atoms with Crippen LogP contribution in [0.25, 0.3) is 0 Å². The molecule has 1 heterocycles. The Balaban J connectivity index is 2.75. The van der Waals surface area contributed by atoms with E-state index in [1.807, 2.05) is 4.72 Å². The number of carbonyl (C=O) groups excluding carboxylic acids is 1. The van der Waals surface area contributed by atoms with Crippen LogP contribution in [0, 0.1) is 0 Å². The zero-order chi connectivity index (χ0) is 11.5. The summed E-state index contributed by atoms with van der Waals surface area (Å²) < 4.78 is 25.1. The van der Waals surface area contributed by atoms with Crippen molar-refractivity contribution in [2.45, 2.75) is 25.5 Å². The van der Waals surface area contributed by atoms with Crippen LogP contribution in [0.3, 0.4) is 0 Å². The summed E-state index contributed by atoms with van der Waals surface area (Å²) >= 11 is 1.35. The second kappa shape index (κ2) is 4.76. The van der Waals surface area contributed by atoms with E-state index in [1.54, 1.807) is 30.7 Å². The normalized spacial score (nSPS) is 13.5. The van der Waals surface area contributed by atoms with Crippen LogP contribution in [0.2, 0.25) is 0 Å².